The molecule has 0 unspecified atom stereocenters. The first kappa shape index (κ1) is 17.3. The lowest BCUT2D eigenvalue weighted by molar-refractivity contribution is -0.158. The van der Waals surface area contributed by atoms with Gasteiger partial charge in [-0.25, -0.2) is 0 Å². The average Bonchev–Trinajstić information content (AvgIpc) is 2.80. The van der Waals surface area contributed by atoms with E-state index in [2.05, 4.69) is 5.32 Å². The first-order valence-electron chi connectivity index (χ1n) is 7.05. The van der Waals surface area contributed by atoms with Gasteiger partial charge in [0, 0.05) is 13.7 Å². The van der Waals surface area contributed by atoms with Crippen LogP contribution in [-0.4, -0.2) is 49.1 Å². The topological polar surface area (TPSA) is 58.6 Å². The van der Waals surface area contributed by atoms with Crippen LogP contribution in [0.15, 0.2) is 30.3 Å². The van der Waals surface area contributed by atoms with E-state index in [4.69, 9.17) is 4.74 Å². The number of methoxy groups -OCH3 is 1. The van der Waals surface area contributed by atoms with Crippen LogP contribution < -0.4 is 5.32 Å². The van der Waals surface area contributed by atoms with Crippen LogP contribution in [0, 0.1) is 0 Å². The molecule has 126 valence electrons. The molecule has 5 nitrogen and oxygen atoms in total. The SMILES string of the molecule is CO[C@H](C(=O)N[C@H]1CCN(CC(F)(F)F)C1=O)c1ccccc1. The third-order valence-electron chi connectivity index (χ3n) is 3.56. The summed E-state index contributed by atoms with van der Waals surface area (Å²) in [6, 6.07) is 7.69. The highest BCUT2D eigenvalue weighted by Gasteiger charge is 2.40. The van der Waals surface area contributed by atoms with Gasteiger partial charge in [0.2, 0.25) is 5.91 Å². The molecule has 1 aliphatic heterocycles. The van der Waals surface area contributed by atoms with Crippen LogP contribution in [-0.2, 0) is 14.3 Å². The smallest absolute Gasteiger partial charge is 0.367 e. The molecule has 1 aromatic carbocycles. The van der Waals surface area contributed by atoms with Crippen molar-refractivity contribution in [3.05, 3.63) is 35.9 Å². The number of rotatable bonds is 5. The monoisotopic (exact) mass is 330 g/mol. The summed E-state index contributed by atoms with van der Waals surface area (Å²) >= 11 is 0. The molecule has 0 radical (unpaired) electrons. The molecular weight excluding hydrogens is 313 g/mol. The van der Waals surface area contributed by atoms with E-state index in [-0.39, 0.29) is 13.0 Å². The van der Waals surface area contributed by atoms with Crippen molar-refractivity contribution >= 4 is 11.8 Å². The van der Waals surface area contributed by atoms with Gasteiger partial charge in [0.25, 0.3) is 5.91 Å². The van der Waals surface area contributed by atoms with Crippen molar-refractivity contribution < 1.29 is 27.5 Å². The lowest BCUT2D eigenvalue weighted by Gasteiger charge is -2.20. The third-order valence-corrected chi connectivity index (χ3v) is 3.56. The zero-order valence-corrected chi connectivity index (χ0v) is 12.5. The number of nitrogens with zero attached hydrogens (tertiary/aromatic N) is 1. The Morgan fingerprint density at radius 1 is 1.39 bits per heavy atom. The van der Waals surface area contributed by atoms with E-state index in [1.165, 1.54) is 7.11 Å². The highest BCUT2D eigenvalue weighted by Crippen LogP contribution is 2.22. The van der Waals surface area contributed by atoms with Crippen LogP contribution in [0.2, 0.25) is 0 Å². The number of benzene rings is 1. The van der Waals surface area contributed by atoms with Gasteiger partial charge in [-0.15, -0.1) is 0 Å². The number of nitrogens with one attached hydrogen (secondary N) is 1. The van der Waals surface area contributed by atoms with Gasteiger partial charge in [0.15, 0.2) is 6.10 Å². The van der Waals surface area contributed by atoms with Crippen molar-refractivity contribution in [1.82, 2.24) is 10.2 Å². The number of hydrogen-bond acceptors (Lipinski definition) is 3. The maximum absolute atomic E-state index is 12.4. The lowest BCUT2D eigenvalue weighted by atomic mass is 10.1. The van der Waals surface area contributed by atoms with Gasteiger partial charge in [-0.1, -0.05) is 30.3 Å². The molecule has 8 heteroatoms. The van der Waals surface area contributed by atoms with Gasteiger partial charge in [0.1, 0.15) is 12.6 Å². The molecule has 1 aliphatic rings. The van der Waals surface area contributed by atoms with Crippen LogP contribution in [0.1, 0.15) is 18.1 Å². The summed E-state index contributed by atoms with van der Waals surface area (Å²) in [4.78, 5) is 24.9. The van der Waals surface area contributed by atoms with Crippen molar-refractivity contribution in [2.24, 2.45) is 0 Å². The van der Waals surface area contributed by atoms with Crippen LogP contribution in [0.3, 0.4) is 0 Å². The molecular formula is C15H17F3N2O3. The molecule has 0 aliphatic carbocycles. The van der Waals surface area contributed by atoms with E-state index in [1.54, 1.807) is 30.3 Å². The molecule has 2 amide bonds. The summed E-state index contributed by atoms with van der Waals surface area (Å²) < 4.78 is 42.3. The molecule has 23 heavy (non-hydrogen) atoms. The molecule has 1 N–H and O–H groups in total. The van der Waals surface area contributed by atoms with E-state index in [1.807, 2.05) is 0 Å². The standard InChI is InChI=1S/C15H17F3N2O3/c1-23-12(10-5-3-2-4-6-10)13(21)19-11-7-8-20(14(11)22)9-15(16,17)18/h2-6,11-12H,7-9H2,1H3,(H,19,21)/t11-,12-/m0/s1. The number of ether oxygens (including phenoxy) is 1. The zero-order chi connectivity index (χ0) is 17.0. The van der Waals surface area contributed by atoms with Crippen molar-refractivity contribution in [3.8, 4) is 0 Å². The number of halogens is 3. The predicted molar refractivity (Wildman–Crippen MR) is 75.4 cm³/mol. The normalized spacial score (nSPS) is 19.7. The van der Waals surface area contributed by atoms with Gasteiger partial charge >= 0.3 is 6.18 Å². The van der Waals surface area contributed by atoms with E-state index in [0.29, 0.717) is 10.5 Å². The summed E-state index contributed by atoms with van der Waals surface area (Å²) in [7, 11) is 1.35. The molecule has 2 atom stereocenters. The number of hydrogen-bond donors (Lipinski definition) is 1. The van der Waals surface area contributed by atoms with Crippen LogP contribution in [0.5, 0.6) is 0 Å². The van der Waals surface area contributed by atoms with Crippen molar-refractivity contribution in [3.63, 3.8) is 0 Å². The highest BCUT2D eigenvalue weighted by molar-refractivity contribution is 5.91. The molecule has 1 fully saturated rings. The van der Waals surface area contributed by atoms with Crippen LogP contribution >= 0.6 is 0 Å². The molecule has 0 bridgehead atoms. The molecule has 0 saturated carbocycles. The predicted octanol–water partition coefficient (Wildman–Crippen LogP) is 1.65. The second-order valence-corrected chi connectivity index (χ2v) is 5.25. The number of carbonyl (C=O) groups excluding carboxylic acids is 2. The Labute approximate surface area is 131 Å². The Bertz CT molecular complexity index is 563. The van der Waals surface area contributed by atoms with Gasteiger partial charge in [-0.2, -0.15) is 13.2 Å². The summed E-state index contributed by atoms with van der Waals surface area (Å²) in [6.45, 7) is -1.34. The highest BCUT2D eigenvalue weighted by atomic mass is 19.4. The Kier molecular flexibility index (Phi) is 5.25. The van der Waals surface area contributed by atoms with Crippen molar-refractivity contribution in [1.29, 1.82) is 0 Å². The zero-order valence-electron chi connectivity index (χ0n) is 12.5. The minimum atomic E-state index is -4.45. The van der Waals surface area contributed by atoms with Crippen molar-refractivity contribution in [2.45, 2.75) is 24.7 Å². The van der Waals surface area contributed by atoms with E-state index >= 15 is 0 Å². The molecule has 1 saturated heterocycles. The maximum atomic E-state index is 12.4. The van der Waals surface area contributed by atoms with Crippen LogP contribution in [0.4, 0.5) is 13.2 Å². The van der Waals surface area contributed by atoms with Gasteiger partial charge in [-0.3, -0.25) is 9.59 Å². The second-order valence-electron chi connectivity index (χ2n) is 5.25. The fourth-order valence-corrected chi connectivity index (χ4v) is 2.52. The first-order chi connectivity index (χ1) is 10.8. The fraction of sp³-hybridized carbons (Fsp3) is 0.467. The maximum Gasteiger partial charge on any atom is 0.406 e. The quantitative estimate of drug-likeness (QED) is 0.893. The summed E-state index contributed by atoms with van der Waals surface area (Å²) in [5.41, 5.74) is 0.602. The summed E-state index contributed by atoms with van der Waals surface area (Å²) in [6.07, 6.45) is -5.22. The minimum absolute atomic E-state index is 0.0354. The first-order valence-corrected chi connectivity index (χ1v) is 7.05. The number of likely N-dealkylation sites (tertiary alicyclic amines) is 1. The van der Waals surface area contributed by atoms with E-state index in [0.717, 1.165) is 0 Å². The Hall–Kier alpha value is -2.09. The van der Waals surface area contributed by atoms with Crippen LogP contribution in [0.25, 0.3) is 0 Å². The lowest BCUT2D eigenvalue weighted by Crippen LogP contribution is -2.45. The number of carbonyl (C=O) groups is 2. The van der Waals surface area contributed by atoms with E-state index < -0.39 is 36.7 Å². The molecule has 0 aromatic heterocycles. The molecule has 1 aromatic rings. The summed E-state index contributed by atoms with van der Waals surface area (Å²) in [5, 5.41) is 2.47. The minimum Gasteiger partial charge on any atom is -0.367 e. The largest absolute Gasteiger partial charge is 0.406 e. The molecule has 0 spiro atoms. The van der Waals surface area contributed by atoms with Crippen molar-refractivity contribution in [2.75, 3.05) is 20.2 Å². The van der Waals surface area contributed by atoms with Gasteiger partial charge < -0.3 is 15.0 Å². The van der Waals surface area contributed by atoms with Gasteiger partial charge in [0.05, 0.1) is 0 Å². The Balaban J connectivity index is 1.99. The Morgan fingerprint density at radius 2 is 2.04 bits per heavy atom. The van der Waals surface area contributed by atoms with E-state index in [9.17, 15) is 22.8 Å². The molecule has 1 heterocycles. The average molecular weight is 330 g/mol. The summed E-state index contributed by atoms with van der Waals surface area (Å²) in [5.74, 6) is -1.27. The van der Waals surface area contributed by atoms with Gasteiger partial charge in [-0.05, 0) is 12.0 Å². The third kappa shape index (κ3) is 4.44. The number of amides is 2. The molecule has 2 rings (SSSR count). The number of alkyl halides is 3. The Morgan fingerprint density at radius 3 is 2.61 bits per heavy atom. The fourth-order valence-electron chi connectivity index (χ4n) is 2.52. The second kappa shape index (κ2) is 6.99.